The van der Waals surface area contributed by atoms with Crippen LogP contribution in [0.3, 0.4) is 0 Å². The maximum Gasteiger partial charge on any atom is 0.241 e. The van der Waals surface area contributed by atoms with Crippen molar-refractivity contribution in [1.29, 1.82) is 5.26 Å². The summed E-state index contributed by atoms with van der Waals surface area (Å²) in [5, 5.41) is 8.95. The van der Waals surface area contributed by atoms with Crippen molar-refractivity contribution in [3.63, 3.8) is 0 Å². The van der Waals surface area contributed by atoms with Gasteiger partial charge in [0.15, 0.2) is 0 Å². The maximum atomic E-state index is 12.1. The second kappa shape index (κ2) is 9.82. The van der Waals surface area contributed by atoms with Gasteiger partial charge in [-0.25, -0.2) is 8.42 Å². The molecule has 1 aliphatic rings. The van der Waals surface area contributed by atoms with Crippen molar-refractivity contribution in [2.75, 3.05) is 24.4 Å². The van der Waals surface area contributed by atoms with E-state index in [0.717, 1.165) is 6.26 Å². The number of nitrogens with one attached hydrogen (secondary N) is 1. The van der Waals surface area contributed by atoms with Gasteiger partial charge in [-0.15, -0.1) is 24.2 Å². The molecule has 0 spiro atoms. The highest BCUT2D eigenvalue weighted by Gasteiger charge is 2.31. The Morgan fingerprint density at radius 3 is 2.83 bits per heavy atom. The van der Waals surface area contributed by atoms with E-state index >= 15 is 0 Å². The smallest absolute Gasteiger partial charge is 0.241 e. The fourth-order valence-corrected chi connectivity index (χ4v) is 3.37. The van der Waals surface area contributed by atoms with Gasteiger partial charge in [0.1, 0.15) is 6.04 Å². The number of nitrogens with zero attached hydrogens (tertiary/aromatic N) is 3. The number of hydrogen-bond acceptors (Lipinski definition) is 7. The molecule has 1 saturated heterocycles. The molecule has 132 valence electrons. The Balaban J connectivity index is 0.00000484. The summed E-state index contributed by atoms with van der Waals surface area (Å²) < 4.78 is 23.9. The van der Waals surface area contributed by atoms with Crippen LogP contribution >= 0.6 is 24.2 Å². The molecule has 1 aliphatic heterocycles. The lowest BCUT2D eigenvalue weighted by molar-refractivity contribution is -0.132. The van der Waals surface area contributed by atoms with Crippen molar-refractivity contribution in [3.05, 3.63) is 0 Å². The third kappa shape index (κ3) is 7.74. The van der Waals surface area contributed by atoms with Crippen LogP contribution in [0, 0.1) is 11.3 Å². The minimum Gasteiger partial charge on any atom is -0.369 e. The summed E-state index contributed by atoms with van der Waals surface area (Å²) in [6.45, 7) is 0.256. The average molecular weight is 385 g/mol. The number of aliphatic imine (C=N–C) groups is 1. The number of thioether (sulfide) groups is 1. The summed E-state index contributed by atoms with van der Waals surface area (Å²) in [5.41, 5.74) is 11.2. The molecule has 0 aromatic carbocycles. The summed E-state index contributed by atoms with van der Waals surface area (Å²) in [7, 11) is -3.43. The van der Waals surface area contributed by atoms with Gasteiger partial charge in [0, 0.05) is 12.3 Å². The molecule has 12 heteroatoms. The first-order chi connectivity index (χ1) is 10.2. The van der Waals surface area contributed by atoms with Crippen molar-refractivity contribution < 1.29 is 13.2 Å². The van der Waals surface area contributed by atoms with E-state index in [9.17, 15) is 13.2 Å². The highest BCUT2D eigenvalue weighted by atomic mass is 35.5. The molecule has 0 aliphatic carbocycles. The van der Waals surface area contributed by atoms with E-state index in [-0.39, 0.29) is 30.8 Å². The lowest BCUT2D eigenvalue weighted by Gasteiger charge is -2.22. The van der Waals surface area contributed by atoms with Gasteiger partial charge in [-0.1, -0.05) is 0 Å². The largest absolute Gasteiger partial charge is 0.369 e. The first-order valence-corrected chi connectivity index (χ1v) is 9.60. The maximum absolute atomic E-state index is 12.1. The average Bonchev–Trinajstić information content (AvgIpc) is 2.88. The molecule has 5 N–H and O–H groups in total. The number of sulfonamides is 1. The minimum atomic E-state index is -3.43. The van der Waals surface area contributed by atoms with Crippen LogP contribution in [0.15, 0.2) is 4.99 Å². The van der Waals surface area contributed by atoms with Gasteiger partial charge in [0.2, 0.25) is 21.9 Å². The van der Waals surface area contributed by atoms with E-state index in [1.165, 1.54) is 16.7 Å². The number of carbonyl (C=O) groups is 1. The monoisotopic (exact) mass is 384 g/mol. The van der Waals surface area contributed by atoms with Crippen LogP contribution in [0.25, 0.3) is 0 Å². The standard InChI is InChI=1S/C11H20N6O3S2.ClH/c1-22(19,20)16-11(14)15-4-2-3-9(13)10(18)17-7-21-6-8(17)5-12;/h8-9H,2-4,6-7,13H2,1H3,(H3,14,15,16);1H/t8-,9+;/m1./s1. The van der Waals surface area contributed by atoms with Gasteiger partial charge >= 0.3 is 0 Å². The molecule has 0 aromatic heterocycles. The third-order valence-electron chi connectivity index (χ3n) is 2.88. The molecule has 0 radical (unpaired) electrons. The van der Waals surface area contributed by atoms with Crippen molar-refractivity contribution in [2.24, 2.45) is 16.5 Å². The van der Waals surface area contributed by atoms with E-state index in [4.69, 9.17) is 16.7 Å². The van der Waals surface area contributed by atoms with Crippen molar-refractivity contribution in [1.82, 2.24) is 9.62 Å². The molecule has 2 atom stereocenters. The lowest BCUT2D eigenvalue weighted by Crippen LogP contribution is -2.46. The normalized spacial score (nSPS) is 19.6. The van der Waals surface area contributed by atoms with Crippen LogP contribution in [0.1, 0.15) is 12.8 Å². The van der Waals surface area contributed by atoms with E-state index in [1.807, 2.05) is 4.72 Å². The van der Waals surface area contributed by atoms with Gasteiger partial charge in [-0.2, -0.15) is 5.26 Å². The van der Waals surface area contributed by atoms with Crippen molar-refractivity contribution in [2.45, 2.75) is 24.9 Å². The lowest BCUT2D eigenvalue weighted by atomic mass is 10.1. The number of amides is 1. The Kier molecular flexibility index (Phi) is 9.29. The SMILES string of the molecule is CS(=O)(=O)NC(N)=NCCC[C@H](N)C(=O)N1CSC[C@H]1C#N.Cl. The highest BCUT2D eigenvalue weighted by molar-refractivity contribution is 7.99. The number of rotatable bonds is 6. The molecule has 0 bridgehead atoms. The van der Waals surface area contributed by atoms with E-state index in [1.54, 1.807) is 0 Å². The highest BCUT2D eigenvalue weighted by Crippen LogP contribution is 2.21. The molecular weight excluding hydrogens is 364 g/mol. The Morgan fingerprint density at radius 1 is 1.61 bits per heavy atom. The van der Waals surface area contributed by atoms with Gasteiger partial charge in [0.25, 0.3) is 0 Å². The van der Waals surface area contributed by atoms with Gasteiger partial charge in [0.05, 0.1) is 24.2 Å². The summed E-state index contributed by atoms with van der Waals surface area (Å²) in [6, 6.07) is 0.959. The first kappa shape index (κ1) is 21.8. The molecule has 1 heterocycles. The minimum absolute atomic E-state index is 0. The number of nitriles is 1. The summed E-state index contributed by atoms with van der Waals surface area (Å²) in [5.74, 6) is 0.645. The van der Waals surface area contributed by atoms with Gasteiger partial charge in [-0.05, 0) is 12.8 Å². The van der Waals surface area contributed by atoms with E-state index in [0.29, 0.717) is 24.5 Å². The molecule has 0 unspecified atom stereocenters. The summed E-state index contributed by atoms with van der Waals surface area (Å²) >= 11 is 1.52. The van der Waals surface area contributed by atoms with E-state index in [2.05, 4.69) is 11.1 Å². The molecule has 9 nitrogen and oxygen atoms in total. The van der Waals surface area contributed by atoms with E-state index < -0.39 is 22.1 Å². The quantitative estimate of drug-likeness (QED) is 0.295. The molecule has 0 saturated carbocycles. The predicted molar refractivity (Wildman–Crippen MR) is 92.5 cm³/mol. The summed E-state index contributed by atoms with van der Waals surface area (Å²) in [4.78, 5) is 17.4. The molecule has 1 fully saturated rings. The number of carbonyl (C=O) groups excluding carboxylic acids is 1. The van der Waals surface area contributed by atoms with Crippen LogP contribution in [0.2, 0.25) is 0 Å². The zero-order chi connectivity index (χ0) is 16.8. The first-order valence-electron chi connectivity index (χ1n) is 6.55. The second-order valence-electron chi connectivity index (χ2n) is 4.84. The Bertz CT molecular complexity index is 577. The fraction of sp³-hybridized carbons (Fsp3) is 0.727. The number of guanidine groups is 1. The molecule has 1 amide bonds. The third-order valence-corrected chi connectivity index (χ3v) is 4.47. The zero-order valence-electron chi connectivity index (χ0n) is 12.6. The predicted octanol–water partition coefficient (Wildman–Crippen LogP) is -1.20. The Morgan fingerprint density at radius 2 is 2.26 bits per heavy atom. The van der Waals surface area contributed by atoms with Crippen LogP contribution < -0.4 is 16.2 Å². The molecule has 23 heavy (non-hydrogen) atoms. The molecule has 1 rings (SSSR count). The van der Waals surface area contributed by atoms with Crippen molar-refractivity contribution in [3.8, 4) is 6.07 Å². The zero-order valence-corrected chi connectivity index (χ0v) is 15.1. The topological polar surface area (TPSA) is 155 Å². The van der Waals surface area contributed by atoms with Crippen LogP contribution in [0.5, 0.6) is 0 Å². The summed E-state index contributed by atoms with van der Waals surface area (Å²) in [6.07, 6.45) is 1.84. The number of halogens is 1. The Hall–Kier alpha value is -1.22. The fourth-order valence-electron chi connectivity index (χ4n) is 1.84. The Labute approximate surface area is 146 Å². The van der Waals surface area contributed by atoms with Crippen molar-refractivity contribution >= 4 is 46.1 Å². The van der Waals surface area contributed by atoms with Crippen LogP contribution in [-0.2, 0) is 14.8 Å². The number of nitrogens with two attached hydrogens (primary N) is 2. The van der Waals surface area contributed by atoms with Gasteiger partial charge < -0.3 is 16.4 Å². The molecular formula is C11H21ClN6O3S2. The molecule has 0 aromatic rings. The van der Waals surface area contributed by atoms with Gasteiger partial charge in [-0.3, -0.25) is 14.5 Å². The van der Waals surface area contributed by atoms with Crippen LogP contribution in [-0.4, -0.2) is 61.7 Å². The second-order valence-corrected chi connectivity index (χ2v) is 7.59. The van der Waals surface area contributed by atoms with Crippen LogP contribution in [0.4, 0.5) is 0 Å². The number of hydrogen-bond donors (Lipinski definition) is 3.